The van der Waals surface area contributed by atoms with Crippen molar-refractivity contribution in [2.45, 2.75) is 6.54 Å². The van der Waals surface area contributed by atoms with Gasteiger partial charge < -0.3 is 15.0 Å². The molecule has 0 atom stereocenters. The number of amides is 1. The molecule has 19 heavy (non-hydrogen) atoms. The van der Waals surface area contributed by atoms with Crippen LogP contribution < -0.4 is 5.32 Å². The van der Waals surface area contributed by atoms with E-state index < -0.39 is 0 Å². The Kier molecular flexibility index (Phi) is 3.43. The first-order valence-electron chi connectivity index (χ1n) is 6.33. The molecular weight excluding hydrogens is 244 g/mol. The van der Waals surface area contributed by atoms with E-state index in [-0.39, 0.29) is 0 Å². The molecule has 6 nitrogen and oxygen atoms in total. The van der Waals surface area contributed by atoms with Crippen LogP contribution in [0, 0.1) is 0 Å². The summed E-state index contributed by atoms with van der Waals surface area (Å²) in [5.41, 5.74) is 2.69. The van der Waals surface area contributed by atoms with Gasteiger partial charge in [-0.05, 0) is 11.6 Å². The number of rotatable bonds is 4. The summed E-state index contributed by atoms with van der Waals surface area (Å²) in [5.74, 6) is 0. The molecule has 0 bridgehead atoms. The minimum atomic E-state index is 0.678. The SMILES string of the molecule is O=CNc1c[nH]c2ncc(CN3CCOCC3)cc12. The maximum Gasteiger partial charge on any atom is 0.211 e. The van der Waals surface area contributed by atoms with E-state index >= 15 is 0 Å². The lowest BCUT2D eigenvalue weighted by Gasteiger charge is -2.26. The van der Waals surface area contributed by atoms with Gasteiger partial charge in [0.1, 0.15) is 5.65 Å². The molecule has 3 rings (SSSR count). The number of carbonyl (C=O) groups excluding carboxylic acids is 1. The highest BCUT2D eigenvalue weighted by atomic mass is 16.5. The van der Waals surface area contributed by atoms with Crippen molar-refractivity contribution in [2.75, 3.05) is 31.6 Å². The topological polar surface area (TPSA) is 70.2 Å². The molecule has 1 aliphatic heterocycles. The molecule has 1 fully saturated rings. The van der Waals surface area contributed by atoms with Crippen LogP contribution in [0.5, 0.6) is 0 Å². The van der Waals surface area contributed by atoms with E-state index in [0.717, 1.165) is 55.1 Å². The van der Waals surface area contributed by atoms with Crippen molar-refractivity contribution in [1.29, 1.82) is 0 Å². The van der Waals surface area contributed by atoms with Crippen molar-refractivity contribution in [1.82, 2.24) is 14.9 Å². The first-order valence-corrected chi connectivity index (χ1v) is 6.33. The smallest absolute Gasteiger partial charge is 0.211 e. The molecule has 0 saturated carbocycles. The Balaban J connectivity index is 1.83. The van der Waals surface area contributed by atoms with Gasteiger partial charge in [-0.3, -0.25) is 9.69 Å². The second kappa shape index (κ2) is 5.38. The lowest BCUT2D eigenvalue weighted by atomic mass is 10.2. The Morgan fingerprint density at radius 3 is 3.11 bits per heavy atom. The third-order valence-electron chi connectivity index (χ3n) is 3.31. The molecule has 0 unspecified atom stereocenters. The van der Waals surface area contributed by atoms with Crippen LogP contribution in [0.1, 0.15) is 5.56 Å². The van der Waals surface area contributed by atoms with Gasteiger partial charge in [0.2, 0.25) is 6.41 Å². The molecule has 0 radical (unpaired) electrons. The molecule has 100 valence electrons. The fourth-order valence-electron chi connectivity index (χ4n) is 2.33. The number of nitrogens with zero attached hydrogens (tertiary/aromatic N) is 2. The standard InChI is InChI=1S/C13H16N4O2/c18-9-16-12-7-15-13-11(12)5-10(6-14-13)8-17-1-3-19-4-2-17/h5-7,9H,1-4,8H2,(H,14,15)(H,16,18). The molecule has 0 aliphatic carbocycles. The zero-order valence-electron chi connectivity index (χ0n) is 10.6. The summed E-state index contributed by atoms with van der Waals surface area (Å²) in [6.07, 6.45) is 4.31. The second-order valence-corrected chi connectivity index (χ2v) is 4.59. The van der Waals surface area contributed by atoms with Crippen LogP contribution in [0.15, 0.2) is 18.5 Å². The van der Waals surface area contributed by atoms with Crippen LogP contribution in [-0.2, 0) is 16.1 Å². The van der Waals surface area contributed by atoms with Crippen LogP contribution in [0.4, 0.5) is 5.69 Å². The Morgan fingerprint density at radius 1 is 1.47 bits per heavy atom. The lowest BCUT2D eigenvalue weighted by Crippen LogP contribution is -2.35. The first kappa shape index (κ1) is 12.1. The molecule has 2 aromatic heterocycles. The minimum absolute atomic E-state index is 0.678. The van der Waals surface area contributed by atoms with E-state index in [1.807, 2.05) is 6.20 Å². The molecule has 2 N–H and O–H groups in total. The van der Waals surface area contributed by atoms with Crippen molar-refractivity contribution in [3.05, 3.63) is 24.0 Å². The van der Waals surface area contributed by atoms with Crippen LogP contribution in [-0.4, -0.2) is 47.6 Å². The van der Waals surface area contributed by atoms with E-state index in [1.54, 1.807) is 6.20 Å². The van der Waals surface area contributed by atoms with Gasteiger partial charge in [0.05, 0.1) is 18.9 Å². The summed E-state index contributed by atoms with van der Waals surface area (Å²) < 4.78 is 5.34. The van der Waals surface area contributed by atoms with E-state index in [1.165, 1.54) is 0 Å². The molecule has 1 saturated heterocycles. The second-order valence-electron chi connectivity index (χ2n) is 4.59. The monoisotopic (exact) mass is 260 g/mol. The predicted molar refractivity (Wildman–Crippen MR) is 71.9 cm³/mol. The number of aromatic amines is 1. The van der Waals surface area contributed by atoms with Gasteiger partial charge in [-0.1, -0.05) is 0 Å². The van der Waals surface area contributed by atoms with E-state index in [2.05, 4.69) is 26.3 Å². The van der Waals surface area contributed by atoms with Gasteiger partial charge in [0.15, 0.2) is 0 Å². The number of morpholine rings is 1. The Labute approximate surface area is 110 Å². The normalized spacial score (nSPS) is 16.6. The summed E-state index contributed by atoms with van der Waals surface area (Å²) in [6, 6.07) is 2.07. The number of ether oxygens (including phenoxy) is 1. The van der Waals surface area contributed by atoms with Crippen LogP contribution >= 0.6 is 0 Å². The number of pyridine rings is 1. The molecule has 1 amide bonds. The van der Waals surface area contributed by atoms with Gasteiger partial charge >= 0.3 is 0 Å². The highest BCUT2D eigenvalue weighted by Crippen LogP contribution is 2.22. The number of fused-ring (bicyclic) bond motifs is 1. The Hall–Kier alpha value is -1.92. The zero-order chi connectivity index (χ0) is 13.1. The van der Waals surface area contributed by atoms with E-state index in [0.29, 0.717) is 6.41 Å². The van der Waals surface area contributed by atoms with Gasteiger partial charge in [0.25, 0.3) is 0 Å². The van der Waals surface area contributed by atoms with Crippen molar-refractivity contribution in [2.24, 2.45) is 0 Å². The number of carbonyl (C=O) groups is 1. The molecule has 0 spiro atoms. The Morgan fingerprint density at radius 2 is 2.32 bits per heavy atom. The fourth-order valence-corrected chi connectivity index (χ4v) is 2.33. The summed E-state index contributed by atoms with van der Waals surface area (Å²) in [7, 11) is 0. The summed E-state index contributed by atoms with van der Waals surface area (Å²) >= 11 is 0. The summed E-state index contributed by atoms with van der Waals surface area (Å²) in [6.45, 7) is 4.34. The van der Waals surface area contributed by atoms with Crippen LogP contribution in [0.2, 0.25) is 0 Å². The maximum absolute atomic E-state index is 10.6. The quantitative estimate of drug-likeness (QED) is 0.803. The summed E-state index contributed by atoms with van der Waals surface area (Å²) in [5, 5.41) is 3.62. The highest BCUT2D eigenvalue weighted by molar-refractivity contribution is 5.94. The van der Waals surface area contributed by atoms with Crippen molar-refractivity contribution in [3.63, 3.8) is 0 Å². The fraction of sp³-hybridized carbons (Fsp3) is 0.385. The number of hydrogen-bond acceptors (Lipinski definition) is 4. The van der Waals surface area contributed by atoms with E-state index in [9.17, 15) is 4.79 Å². The average Bonchev–Trinajstić information content (AvgIpc) is 2.83. The first-order chi connectivity index (χ1) is 9.36. The largest absolute Gasteiger partial charge is 0.379 e. The average molecular weight is 260 g/mol. The molecule has 6 heteroatoms. The highest BCUT2D eigenvalue weighted by Gasteiger charge is 2.12. The summed E-state index contributed by atoms with van der Waals surface area (Å²) in [4.78, 5) is 20.3. The number of nitrogens with one attached hydrogen (secondary N) is 2. The molecule has 1 aliphatic rings. The number of aromatic nitrogens is 2. The van der Waals surface area contributed by atoms with Gasteiger partial charge in [-0.15, -0.1) is 0 Å². The number of anilines is 1. The lowest BCUT2D eigenvalue weighted by molar-refractivity contribution is -0.105. The van der Waals surface area contributed by atoms with Gasteiger partial charge in [0, 0.05) is 37.4 Å². The Bertz CT molecular complexity index is 575. The predicted octanol–water partition coefficient (Wildman–Crippen LogP) is 0.963. The van der Waals surface area contributed by atoms with Crippen LogP contribution in [0.3, 0.4) is 0 Å². The minimum Gasteiger partial charge on any atom is -0.379 e. The zero-order valence-corrected chi connectivity index (χ0v) is 10.6. The van der Waals surface area contributed by atoms with Crippen molar-refractivity contribution in [3.8, 4) is 0 Å². The van der Waals surface area contributed by atoms with E-state index in [4.69, 9.17) is 4.74 Å². The number of hydrogen-bond donors (Lipinski definition) is 2. The van der Waals surface area contributed by atoms with Gasteiger partial charge in [-0.25, -0.2) is 4.98 Å². The maximum atomic E-state index is 10.6. The van der Waals surface area contributed by atoms with Crippen molar-refractivity contribution >= 4 is 23.1 Å². The molecule has 3 heterocycles. The molecular formula is C13H16N4O2. The molecule has 2 aromatic rings. The molecule has 0 aromatic carbocycles. The van der Waals surface area contributed by atoms with Crippen LogP contribution in [0.25, 0.3) is 11.0 Å². The van der Waals surface area contributed by atoms with Gasteiger partial charge in [-0.2, -0.15) is 0 Å². The van der Waals surface area contributed by atoms with Crippen molar-refractivity contribution < 1.29 is 9.53 Å². The number of H-pyrrole nitrogens is 1. The third kappa shape index (κ3) is 2.59. The third-order valence-corrected chi connectivity index (χ3v) is 3.31.